The SMILES string of the molecule is CC(C)c1noc(C(C)Sc2nncn2C2CC2)n1. The van der Waals surface area contributed by atoms with Gasteiger partial charge < -0.3 is 9.09 Å². The molecular formula is C12H17N5OS. The third kappa shape index (κ3) is 2.65. The lowest BCUT2D eigenvalue weighted by Crippen LogP contribution is -1.98. The highest BCUT2D eigenvalue weighted by Crippen LogP contribution is 2.40. The van der Waals surface area contributed by atoms with E-state index in [1.807, 2.05) is 6.92 Å². The highest BCUT2D eigenvalue weighted by atomic mass is 32.2. The Bertz CT molecular complexity index is 560. The maximum absolute atomic E-state index is 5.31. The minimum absolute atomic E-state index is 0.0849. The van der Waals surface area contributed by atoms with Gasteiger partial charge in [-0.2, -0.15) is 4.98 Å². The van der Waals surface area contributed by atoms with Crippen LogP contribution in [0.4, 0.5) is 0 Å². The summed E-state index contributed by atoms with van der Waals surface area (Å²) in [5.74, 6) is 1.69. The quantitative estimate of drug-likeness (QED) is 0.784. The molecule has 1 atom stereocenters. The van der Waals surface area contributed by atoms with Gasteiger partial charge in [0.15, 0.2) is 11.0 Å². The summed E-state index contributed by atoms with van der Waals surface area (Å²) in [6.07, 6.45) is 4.25. The summed E-state index contributed by atoms with van der Waals surface area (Å²) in [6.45, 7) is 6.15. The Labute approximate surface area is 116 Å². The molecule has 0 radical (unpaired) electrons. The third-order valence-corrected chi connectivity index (χ3v) is 4.14. The van der Waals surface area contributed by atoms with Gasteiger partial charge in [-0.05, 0) is 19.8 Å². The summed E-state index contributed by atoms with van der Waals surface area (Å²) < 4.78 is 7.45. The lowest BCUT2D eigenvalue weighted by atomic mass is 10.2. The zero-order valence-corrected chi connectivity index (χ0v) is 12.1. The molecule has 1 unspecified atom stereocenters. The Kier molecular flexibility index (Phi) is 3.30. The molecule has 1 saturated carbocycles. The number of nitrogens with zero attached hydrogens (tertiary/aromatic N) is 5. The Morgan fingerprint density at radius 2 is 2.16 bits per heavy atom. The van der Waals surface area contributed by atoms with Crippen LogP contribution in [0.2, 0.25) is 0 Å². The predicted molar refractivity (Wildman–Crippen MR) is 71.0 cm³/mol. The van der Waals surface area contributed by atoms with Crippen molar-refractivity contribution in [1.29, 1.82) is 0 Å². The molecule has 2 aromatic rings. The number of hydrogen-bond donors (Lipinski definition) is 0. The molecule has 0 spiro atoms. The molecule has 0 bridgehead atoms. The first-order valence-electron chi connectivity index (χ1n) is 6.55. The van der Waals surface area contributed by atoms with E-state index in [1.165, 1.54) is 12.8 Å². The lowest BCUT2D eigenvalue weighted by molar-refractivity contribution is 0.372. The largest absolute Gasteiger partial charge is 0.338 e. The van der Waals surface area contributed by atoms with Gasteiger partial charge in [-0.15, -0.1) is 10.2 Å². The van der Waals surface area contributed by atoms with Crippen LogP contribution in [0.3, 0.4) is 0 Å². The highest BCUT2D eigenvalue weighted by Gasteiger charge is 2.28. The molecular weight excluding hydrogens is 262 g/mol. The fraction of sp³-hybridized carbons (Fsp3) is 0.667. The van der Waals surface area contributed by atoms with E-state index in [0.717, 1.165) is 11.0 Å². The Morgan fingerprint density at radius 1 is 1.37 bits per heavy atom. The second-order valence-electron chi connectivity index (χ2n) is 5.16. The molecule has 1 aliphatic carbocycles. The van der Waals surface area contributed by atoms with Crippen LogP contribution in [0, 0.1) is 0 Å². The smallest absolute Gasteiger partial charge is 0.239 e. The van der Waals surface area contributed by atoms with Crippen molar-refractivity contribution < 1.29 is 4.52 Å². The molecule has 0 aliphatic heterocycles. The van der Waals surface area contributed by atoms with Crippen LogP contribution >= 0.6 is 11.8 Å². The Balaban J connectivity index is 1.72. The van der Waals surface area contributed by atoms with Crippen molar-refractivity contribution >= 4 is 11.8 Å². The van der Waals surface area contributed by atoms with Gasteiger partial charge in [0.05, 0.1) is 5.25 Å². The summed E-state index contributed by atoms with van der Waals surface area (Å²) >= 11 is 1.62. The van der Waals surface area contributed by atoms with Crippen LogP contribution in [-0.4, -0.2) is 24.9 Å². The molecule has 0 N–H and O–H groups in total. The first-order chi connectivity index (χ1) is 9.15. The zero-order chi connectivity index (χ0) is 13.4. The molecule has 1 fully saturated rings. The molecule has 0 aromatic carbocycles. The van der Waals surface area contributed by atoms with Gasteiger partial charge >= 0.3 is 0 Å². The summed E-state index contributed by atoms with van der Waals surface area (Å²) in [6, 6.07) is 0.582. The van der Waals surface area contributed by atoms with Crippen molar-refractivity contribution in [2.24, 2.45) is 0 Å². The van der Waals surface area contributed by atoms with Crippen LogP contribution in [0.5, 0.6) is 0 Å². The number of rotatable bonds is 5. The van der Waals surface area contributed by atoms with Gasteiger partial charge in [-0.3, -0.25) is 0 Å². The summed E-state index contributed by atoms with van der Waals surface area (Å²) in [5, 5.41) is 13.2. The van der Waals surface area contributed by atoms with E-state index in [4.69, 9.17) is 4.52 Å². The molecule has 102 valence electrons. The van der Waals surface area contributed by atoms with E-state index >= 15 is 0 Å². The topological polar surface area (TPSA) is 69.6 Å². The summed E-state index contributed by atoms with van der Waals surface area (Å²) in [7, 11) is 0. The molecule has 1 aliphatic rings. The first-order valence-corrected chi connectivity index (χ1v) is 7.42. The molecule has 0 amide bonds. The zero-order valence-electron chi connectivity index (χ0n) is 11.3. The summed E-state index contributed by atoms with van der Waals surface area (Å²) in [4.78, 5) is 4.42. The van der Waals surface area contributed by atoms with Gasteiger partial charge in [0, 0.05) is 12.0 Å². The normalized spacial score (nSPS) is 17.1. The van der Waals surface area contributed by atoms with E-state index in [9.17, 15) is 0 Å². The third-order valence-electron chi connectivity index (χ3n) is 3.08. The number of hydrogen-bond acceptors (Lipinski definition) is 6. The van der Waals surface area contributed by atoms with Crippen molar-refractivity contribution in [2.75, 3.05) is 0 Å². The van der Waals surface area contributed by atoms with Crippen LogP contribution in [0.15, 0.2) is 16.0 Å². The van der Waals surface area contributed by atoms with Crippen molar-refractivity contribution in [3.63, 3.8) is 0 Å². The lowest BCUT2D eigenvalue weighted by Gasteiger charge is -2.07. The van der Waals surface area contributed by atoms with Crippen LogP contribution in [0.25, 0.3) is 0 Å². The van der Waals surface area contributed by atoms with Crippen LogP contribution in [0.1, 0.15) is 62.5 Å². The summed E-state index contributed by atoms with van der Waals surface area (Å²) in [5.41, 5.74) is 0. The molecule has 3 rings (SSSR count). The van der Waals surface area contributed by atoms with Crippen molar-refractivity contribution in [2.45, 2.75) is 56.0 Å². The van der Waals surface area contributed by atoms with E-state index in [1.54, 1.807) is 18.1 Å². The maximum atomic E-state index is 5.31. The Morgan fingerprint density at radius 3 is 2.79 bits per heavy atom. The van der Waals surface area contributed by atoms with Crippen molar-refractivity contribution in [3.05, 3.63) is 18.0 Å². The number of aromatic nitrogens is 5. The highest BCUT2D eigenvalue weighted by molar-refractivity contribution is 7.99. The molecule has 6 nitrogen and oxygen atoms in total. The van der Waals surface area contributed by atoms with Crippen LogP contribution < -0.4 is 0 Å². The average Bonchev–Trinajstić information content (AvgIpc) is 2.93. The molecule has 19 heavy (non-hydrogen) atoms. The van der Waals surface area contributed by atoms with E-state index in [0.29, 0.717) is 11.9 Å². The van der Waals surface area contributed by atoms with E-state index in [2.05, 4.69) is 38.8 Å². The van der Waals surface area contributed by atoms with Gasteiger partial charge in [0.25, 0.3) is 0 Å². The molecule has 0 saturated heterocycles. The van der Waals surface area contributed by atoms with Gasteiger partial charge in [-0.1, -0.05) is 30.8 Å². The minimum Gasteiger partial charge on any atom is -0.338 e. The maximum Gasteiger partial charge on any atom is 0.239 e. The van der Waals surface area contributed by atoms with Crippen LogP contribution in [-0.2, 0) is 0 Å². The molecule has 7 heteroatoms. The fourth-order valence-electron chi connectivity index (χ4n) is 1.77. The van der Waals surface area contributed by atoms with Crippen molar-refractivity contribution in [3.8, 4) is 0 Å². The van der Waals surface area contributed by atoms with Crippen molar-refractivity contribution in [1.82, 2.24) is 24.9 Å². The standard InChI is InChI=1S/C12H17N5OS/c1-7(2)10-14-11(18-16-10)8(3)19-12-15-13-6-17(12)9-4-5-9/h6-9H,4-5H2,1-3H3. The average molecular weight is 279 g/mol. The fourth-order valence-corrected chi connectivity index (χ4v) is 2.70. The van der Waals surface area contributed by atoms with Gasteiger partial charge in [-0.25, -0.2) is 0 Å². The van der Waals surface area contributed by atoms with Gasteiger partial charge in [0.1, 0.15) is 6.33 Å². The van der Waals surface area contributed by atoms with E-state index < -0.39 is 0 Å². The van der Waals surface area contributed by atoms with E-state index in [-0.39, 0.29) is 11.2 Å². The monoisotopic (exact) mass is 279 g/mol. The molecule has 2 aromatic heterocycles. The predicted octanol–water partition coefficient (Wildman–Crippen LogP) is 2.97. The first kappa shape index (κ1) is 12.7. The number of thioether (sulfide) groups is 1. The molecule has 2 heterocycles. The second-order valence-corrected chi connectivity index (χ2v) is 6.47. The minimum atomic E-state index is 0.0849. The van der Waals surface area contributed by atoms with Gasteiger partial charge in [0.2, 0.25) is 5.89 Å². The second kappa shape index (κ2) is 4.96. The Hall–Kier alpha value is -1.37.